The van der Waals surface area contributed by atoms with Crippen LogP contribution < -0.4 is 10.1 Å². The van der Waals surface area contributed by atoms with Gasteiger partial charge in [0.05, 0.1) is 18.1 Å². The average Bonchev–Trinajstić information content (AvgIpc) is 2.81. The van der Waals surface area contributed by atoms with Crippen LogP contribution in [0.15, 0.2) is 18.2 Å². The van der Waals surface area contributed by atoms with E-state index in [1.807, 2.05) is 0 Å². The van der Waals surface area contributed by atoms with E-state index >= 15 is 0 Å². The lowest BCUT2D eigenvalue weighted by atomic mass is 10.0. The monoisotopic (exact) mass is 222 g/mol. The highest BCUT2D eigenvalue weighted by atomic mass is 16.6. The molecule has 5 nitrogen and oxygen atoms in total. The van der Waals surface area contributed by atoms with Gasteiger partial charge in [-0.3, -0.25) is 10.1 Å². The molecule has 2 rings (SSSR count). The predicted octanol–water partition coefficient (Wildman–Crippen LogP) is 2.03. The standard InChI is InChI=1S/C11H14N2O3/c1-16-11-7-8(13(14)15)4-5-9(11)10-3-2-6-12-10/h4-5,7,10,12H,2-3,6H2,1H3/t10-/m0/s1. The minimum absolute atomic E-state index is 0.0681. The second-order valence-corrected chi connectivity index (χ2v) is 3.83. The van der Waals surface area contributed by atoms with Gasteiger partial charge in [-0.05, 0) is 25.5 Å². The maximum Gasteiger partial charge on any atom is 0.273 e. The van der Waals surface area contributed by atoms with Gasteiger partial charge in [-0.2, -0.15) is 0 Å². The zero-order valence-corrected chi connectivity index (χ0v) is 9.10. The number of nitro groups is 1. The highest BCUT2D eigenvalue weighted by molar-refractivity contribution is 5.46. The molecule has 1 atom stereocenters. The molecule has 1 heterocycles. The average molecular weight is 222 g/mol. The Balaban J connectivity index is 2.34. The van der Waals surface area contributed by atoms with Crippen LogP contribution in [0.1, 0.15) is 24.4 Å². The van der Waals surface area contributed by atoms with E-state index in [1.54, 1.807) is 6.07 Å². The molecule has 1 N–H and O–H groups in total. The molecule has 0 bridgehead atoms. The summed E-state index contributed by atoms with van der Waals surface area (Å²) in [6, 6.07) is 5.04. The zero-order valence-electron chi connectivity index (χ0n) is 9.10. The highest BCUT2D eigenvalue weighted by Crippen LogP contribution is 2.33. The van der Waals surface area contributed by atoms with Crippen molar-refractivity contribution < 1.29 is 9.66 Å². The number of ether oxygens (including phenoxy) is 1. The van der Waals surface area contributed by atoms with Crippen molar-refractivity contribution in [2.24, 2.45) is 0 Å². The van der Waals surface area contributed by atoms with Crippen molar-refractivity contribution in [3.8, 4) is 5.75 Å². The summed E-state index contributed by atoms with van der Waals surface area (Å²) in [7, 11) is 1.54. The van der Waals surface area contributed by atoms with E-state index in [4.69, 9.17) is 4.74 Å². The maximum atomic E-state index is 10.6. The number of hydrogen-bond acceptors (Lipinski definition) is 4. The molecular formula is C11H14N2O3. The lowest BCUT2D eigenvalue weighted by Gasteiger charge is -2.14. The van der Waals surface area contributed by atoms with Crippen LogP contribution in [0.25, 0.3) is 0 Å². The van der Waals surface area contributed by atoms with Gasteiger partial charge in [0.25, 0.3) is 5.69 Å². The first kappa shape index (κ1) is 10.9. The van der Waals surface area contributed by atoms with Crippen molar-refractivity contribution in [2.75, 3.05) is 13.7 Å². The van der Waals surface area contributed by atoms with Gasteiger partial charge < -0.3 is 10.1 Å². The van der Waals surface area contributed by atoms with Gasteiger partial charge in [-0.1, -0.05) is 0 Å². The maximum absolute atomic E-state index is 10.6. The van der Waals surface area contributed by atoms with E-state index in [2.05, 4.69) is 5.32 Å². The van der Waals surface area contributed by atoms with Crippen LogP contribution >= 0.6 is 0 Å². The minimum atomic E-state index is -0.408. The third-order valence-electron chi connectivity index (χ3n) is 2.86. The molecule has 86 valence electrons. The lowest BCUT2D eigenvalue weighted by molar-refractivity contribution is -0.384. The Labute approximate surface area is 93.6 Å². The zero-order chi connectivity index (χ0) is 11.5. The highest BCUT2D eigenvalue weighted by Gasteiger charge is 2.21. The van der Waals surface area contributed by atoms with Crippen LogP contribution in [0.2, 0.25) is 0 Å². The van der Waals surface area contributed by atoms with Gasteiger partial charge in [-0.25, -0.2) is 0 Å². The summed E-state index contributed by atoms with van der Waals surface area (Å²) in [6.45, 7) is 0.991. The van der Waals surface area contributed by atoms with Crippen LogP contribution in [-0.2, 0) is 0 Å². The largest absolute Gasteiger partial charge is 0.496 e. The second kappa shape index (κ2) is 4.49. The number of hydrogen-bond donors (Lipinski definition) is 1. The first-order valence-electron chi connectivity index (χ1n) is 5.28. The number of non-ortho nitro benzene ring substituents is 1. The molecule has 1 aromatic rings. The molecule has 0 radical (unpaired) electrons. The molecule has 5 heteroatoms. The van der Waals surface area contributed by atoms with E-state index in [0.717, 1.165) is 24.9 Å². The minimum Gasteiger partial charge on any atom is -0.496 e. The van der Waals surface area contributed by atoms with Crippen molar-refractivity contribution in [3.63, 3.8) is 0 Å². The SMILES string of the molecule is COc1cc([N+](=O)[O-])ccc1[C@@H]1CCCN1. The summed E-state index contributed by atoms with van der Waals surface area (Å²) in [5.74, 6) is 0.591. The predicted molar refractivity (Wildman–Crippen MR) is 59.6 cm³/mol. The molecule has 1 saturated heterocycles. The smallest absolute Gasteiger partial charge is 0.273 e. The van der Waals surface area contributed by atoms with Crippen LogP contribution in [0, 0.1) is 10.1 Å². The summed E-state index contributed by atoms with van der Waals surface area (Å²) in [5, 5.41) is 14.0. The molecular weight excluding hydrogens is 208 g/mol. The fourth-order valence-electron chi connectivity index (χ4n) is 2.05. The van der Waals surface area contributed by atoms with E-state index in [-0.39, 0.29) is 11.7 Å². The molecule has 0 unspecified atom stereocenters. The van der Waals surface area contributed by atoms with E-state index in [1.165, 1.54) is 19.2 Å². The Morgan fingerprint density at radius 2 is 2.38 bits per heavy atom. The number of nitrogens with zero attached hydrogens (tertiary/aromatic N) is 1. The Morgan fingerprint density at radius 1 is 1.56 bits per heavy atom. The molecule has 0 aromatic heterocycles. The number of nitrogens with one attached hydrogen (secondary N) is 1. The Hall–Kier alpha value is -1.62. The lowest BCUT2D eigenvalue weighted by Crippen LogP contribution is -2.13. The van der Waals surface area contributed by atoms with Gasteiger partial charge >= 0.3 is 0 Å². The Bertz CT molecular complexity index is 400. The number of methoxy groups -OCH3 is 1. The summed E-state index contributed by atoms with van der Waals surface area (Å²) >= 11 is 0. The van der Waals surface area contributed by atoms with Crippen molar-refractivity contribution >= 4 is 5.69 Å². The summed E-state index contributed by atoms with van der Waals surface area (Å²) < 4.78 is 5.20. The fourth-order valence-corrected chi connectivity index (χ4v) is 2.05. The molecule has 0 saturated carbocycles. The molecule has 1 fully saturated rings. The molecule has 0 aliphatic carbocycles. The molecule has 1 aromatic carbocycles. The summed E-state index contributed by atoms with van der Waals surface area (Å²) in [6.07, 6.45) is 2.18. The third kappa shape index (κ3) is 1.99. The number of benzene rings is 1. The van der Waals surface area contributed by atoms with Gasteiger partial charge in [0, 0.05) is 17.7 Å². The van der Waals surface area contributed by atoms with Crippen molar-refractivity contribution in [1.29, 1.82) is 0 Å². The third-order valence-corrected chi connectivity index (χ3v) is 2.86. The van der Waals surface area contributed by atoms with Crippen molar-refractivity contribution in [2.45, 2.75) is 18.9 Å². The topological polar surface area (TPSA) is 64.4 Å². The number of rotatable bonds is 3. The van der Waals surface area contributed by atoms with Crippen LogP contribution in [0.5, 0.6) is 5.75 Å². The van der Waals surface area contributed by atoms with E-state index in [9.17, 15) is 10.1 Å². The van der Waals surface area contributed by atoms with E-state index < -0.39 is 4.92 Å². The Morgan fingerprint density at radius 3 is 2.94 bits per heavy atom. The van der Waals surface area contributed by atoms with Gasteiger partial charge in [0.15, 0.2) is 0 Å². The van der Waals surface area contributed by atoms with Crippen LogP contribution in [-0.4, -0.2) is 18.6 Å². The van der Waals surface area contributed by atoms with Gasteiger partial charge in [0.2, 0.25) is 0 Å². The first-order chi connectivity index (χ1) is 7.72. The second-order valence-electron chi connectivity index (χ2n) is 3.83. The van der Waals surface area contributed by atoms with Crippen LogP contribution in [0.4, 0.5) is 5.69 Å². The van der Waals surface area contributed by atoms with Gasteiger partial charge in [-0.15, -0.1) is 0 Å². The molecule has 0 spiro atoms. The summed E-state index contributed by atoms with van der Waals surface area (Å²) in [4.78, 5) is 10.2. The van der Waals surface area contributed by atoms with Crippen molar-refractivity contribution in [1.82, 2.24) is 5.32 Å². The normalized spacial score (nSPS) is 19.7. The quantitative estimate of drug-likeness (QED) is 0.627. The van der Waals surface area contributed by atoms with E-state index in [0.29, 0.717) is 5.75 Å². The number of nitro benzene ring substituents is 1. The molecule has 0 amide bonds. The molecule has 1 aliphatic rings. The fraction of sp³-hybridized carbons (Fsp3) is 0.455. The first-order valence-corrected chi connectivity index (χ1v) is 5.28. The molecule has 1 aliphatic heterocycles. The molecule has 16 heavy (non-hydrogen) atoms. The summed E-state index contributed by atoms with van der Waals surface area (Å²) in [5.41, 5.74) is 1.07. The Kier molecular flexibility index (Phi) is 3.05. The van der Waals surface area contributed by atoms with Crippen LogP contribution in [0.3, 0.4) is 0 Å². The van der Waals surface area contributed by atoms with Crippen molar-refractivity contribution in [3.05, 3.63) is 33.9 Å². The van der Waals surface area contributed by atoms with Gasteiger partial charge in [0.1, 0.15) is 5.75 Å².